The summed E-state index contributed by atoms with van der Waals surface area (Å²) in [6.07, 6.45) is 1.16. The number of carbonyl (C=O) groups excluding carboxylic acids is 1. The average Bonchev–Trinajstić information content (AvgIpc) is 3.19. The van der Waals surface area contributed by atoms with Crippen LogP contribution < -0.4 is 9.46 Å². The van der Waals surface area contributed by atoms with Gasteiger partial charge in [-0.1, -0.05) is 48.0 Å². The molecule has 0 unspecified atom stereocenters. The average molecular weight is 497 g/mol. The van der Waals surface area contributed by atoms with Crippen molar-refractivity contribution in [1.29, 1.82) is 0 Å². The summed E-state index contributed by atoms with van der Waals surface area (Å²) < 4.78 is 33.4. The molecule has 8 heteroatoms. The zero-order chi connectivity index (χ0) is 24.3. The Labute approximate surface area is 204 Å². The van der Waals surface area contributed by atoms with Crippen LogP contribution in [-0.4, -0.2) is 25.9 Å². The van der Waals surface area contributed by atoms with Gasteiger partial charge in [-0.15, -0.1) is 0 Å². The second kappa shape index (κ2) is 9.91. The molecule has 1 amide bonds. The number of para-hydroxylation sites is 1. The number of ether oxygens (including phenoxy) is 1. The summed E-state index contributed by atoms with van der Waals surface area (Å²) in [5.74, 6) is 0.0465. The summed E-state index contributed by atoms with van der Waals surface area (Å²) in [6.45, 7) is 4.30. The number of aryl methyl sites for hydroxylation is 3. The molecule has 0 radical (unpaired) electrons. The molecule has 0 saturated heterocycles. The smallest absolute Gasteiger partial charge is 0.281 e. The van der Waals surface area contributed by atoms with E-state index in [1.54, 1.807) is 18.2 Å². The van der Waals surface area contributed by atoms with E-state index >= 15 is 0 Å². The third-order valence-corrected chi connectivity index (χ3v) is 7.51. The molecule has 0 aliphatic rings. The van der Waals surface area contributed by atoms with Crippen molar-refractivity contribution < 1.29 is 17.9 Å². The van der Waals surface area contributed by atoms with Gasteiger partial charge in [-0.25, -0.2) is 13.1 Å². The highest BCUT2D eigenvalue weighted by molar-refractivity contribution is 7.90. The molecular weight excluding hydrogens is 472 g/mol. The lowest BCUT2D eigenvalue weighted by atomic mass is 10.1. The van der Waals surface area contributed by atoms with Crippen molar-refractivity contribution in [2.75, 3.05) is 6.61 Å². The Morgan fingerprint density at radius 3 is 2.35 bits per heavy atom. The molecule has 176 valence electrons. The van der Waals surface area contributed by atoms with Crippen LogP contribution >= 0.6 is 11.6 Å². The van der Waals surface area contributed by atoms with Gasteiger partial charge in [0.15, 0.2) is 0 Å². The Morgan fingerprint density at radius 2 is 1.65 bits per heavy atom. The molecule has 0 fully saturated rings. The van der Waals surface area contributed by atoms with Gasteiger partial charge in [0.25, 0.3) is 15.9 Å². The number of nitrogens with one attached hydrogen (secondary N) is 2. The molecule has 0 aliphatic heterocycles. The van der Waals surface area contributed by atoms with Crippen molar-refractivity contribution in [1.82, 2.24) is 9.71 Å². The van der Waals surface area contributed by atoms with E-state index < -0.39 is 15.9 Å². The Balaban J connectivity index is 1.52. The van der Waals surface area contributed by atoms with Crippen LogP contribution in [0.1, 0.15) is 33.6 Å². The van der Waals surface area contributed by atoms with Crippen LogP contribution in [0.5, 0.6) is 5.75 Å². The first kappa shape index (κ1) is 23.9. The number of H-pyrrole nitrogens is 1. The largest absolute Gasteiger partial charge is 0.494 e. The molecule has 0 aliphatic carbocycles. The van der Waals surface area contributed by atoms with Gasteiger partial charge in [0.2, 0.25) is 0 Å². The summed E-state index contributed by atoms with van der Waals surface area (Å²) in [4.78, 5) is 16.1. The van der Waals surface area contributed by atoms with Crippen LogP contribution in [0.2, 0.25) is 5.02 Å². The van der Waals surface area contributed by atoms with Crippen molar-refractivity contribution in [2.45, 2.75) is 31.6 Å². The Morgan fingerprint density at radius 1 is 1.00 bits per heavy atom. The number of aromatic nitrogens is 1. The molecule has 6 nitrogen and oxygen atoms in total. The minimum Gasteiger partial charge on any atom is -0.494 e. The summed E-state index contributed by atoms with van der Waals surface area (Å²) in [5, 5.41) is 1.61. The zero-order valence-corrected chi connectivity index (χ0v) is 20.5. The molecule has 3 aromatic carbocycles. The number of halogens is 1. The highest BCUT2D eigenvalue weighted by Crippen LogP contribution is 2.27. The molecule has 0 atom stereocenters. The van der Waals surface area contributed by atoms with Crippen molar-refractivity contribution in [3.8, 4) is 5.75 Å². The predicted molar refractivity (Wildman–Crippen MR) is 134 cm³/mol. The van der Waals surface area contributed by atoms with Gasteiger partial charge in [-0.05, 0) is 73.7 Å². The van der Waals surface area contributed by atoms with Crippen LogP contribution in [0, 0.1) is 13.8 Å². The number of rotatable bonds is 8. The molecule has 1 aromatic heterocycles. The Bertz CT molecular complexity index is 1420. The summed E-state index contributed by atoms with van der Waals surface area (Å²) >= 11 is 6.23. The normalized spacial score (nSPS) is 11.5. The molecule has 0 spiro atoms. The van der Waals surface area contributed by atoms with Crippen molar-refractivity contribution in [2.24, 2.45) is 0 Å². The highest BCUT2D eigenvalue weighted by atomic mass is 35.5. The monoisotopic (exact) mass is 496 g/mol. The van der Waals surface area contributed by atoms with Crippen LogP contribution in [-0.2, 0) is 16.4 Å². The first-order valence-corrected chi connectivity index (χ1v) is 12.7. The van der Waals surface area contributed by atoms with Gasteiger partial charge in [-0.3, -0.25) is 4.79 Å². The molecule has 0 saturated carbocycles. The summed E-state index contributed by atoms with van der Waals surface area (Å²) in [5.41, 5.74) is 3.66. The predicted octanol–water partition coefficient (Wildman–Crippen LogP) is 5.57. The van der Waals surface area contributed by atoms with Crippen LogP contribution in [0.4, 0.5) is 0 Å². The fourth-order valence-electron chi connectivity index (χ4n) is 3.91. The topological polar surface area (TPSA) is 88.3 Å². The molecule has 2 N–H and O–H groups in total. The van der Waals surface area contributed by atoms with Crippen LogP contribution in [0.15, 0.2) is 71.6 Å². The van der Waals surface area contributed by atoms with Gasteiger partial charge < -0.3 is 9.72 Å². The highest BCUT2D eigenvalue weighted by Gasteiger charge is 2.23. The SMILES string of the molecule is Cc1cc(OCCCc2c(C(=O)NS(=O)(=O)c3ccccc3)[nH]c3ccccc23)cc(C)c1Cl. The molecule has 0 bridgehead atoms. The van der Waals surface area contributed by atoms with Crippen molar-refractivity contribution in [3.05, 3.63) is 94.1 Å². The number of carbonyl (C=O) groups is 1. The van der Waals surface area contributed by atoms with E-state index in [9.17, 15) is 13.2 Å². The maximum Gasteiger partial charge on any atom is 0.281 e. The van der Waals surface area contributed by atoms with E-state index in [4.69, 9.17) is 16.3 Å². The number of fused-ring (bicyclic) bond motifs is 1. The van der Waals surface area contributed by atoms with E-state index in [-0.39, 0.29) is 10.6 Å². The lowest BCUT2D eigenvalue weighted by Gasteiger charge is -2.11. The Kier molecular flexibility index (Phi) is 6.95. The first-order valence-electron chi connectivity index (χ1n) is 10.9. The fraction of sp³-hybridized carbons (Fsp3) is 0.192. The molecular formula is C26H25ClN2O4S. The second-order valence-corrected chi connectivity index (χ2v) is 10.2. The van der Waals surface area contributed by atoms with Gasteiger partial charge in [0.1, 0.15) is 11.4 Å². The van der Waals surface area contributed by atoms with Gasteiger partial charge >= 0.3 is 0 Å². The zero-order valence-electron chi connectivity index (χ0n) is 18.9. The molecule has 4 aromatic rings. The summed E-state index contributed by atoms with van der Waals surface area (Å²) in [7, 11) is -3.99. The van der Waals surface area contributed by atoms with Gasteiger partial charge in [0.05, 0.1) is 11.5 Å². The number of aromatic amines is 1. The lowest BCUT2D eigenvalue weighted by molar-refractivity contribution is 0.0976. The van der Waals surface area contributed by atoms with Crippen LogP contribution in [0.3, 0.4) is 0 Å². The second-order valence-electron chi connectivity index (χ2n) is 8.09. The maximum atomic E-state index is 13.0. The maximum absolute atomic E-state index is 13.0. The number of hydrogen-bond donors (Lipinski definition) is 2. The molecule has 34 heavy (non-hydrogen) atoms. The number of sulfonamides is 1. The fourth-order valence-corrected chi connectivity index (χ4v) is 5.00. The Hall–Kier alpha value is -3.29. The lowest BCUT2D eigenvalue weighted by Crippen LogP contribution is -2.31. The van der Waals surface area contributed by atoms with Crippen molar-refractivity contribution >= 4 is 38.4 Å². The standard InChI is InChI=1S/C26H25ClN2O4S/c1-17-15-19(16-18(2)24(17)27)33-14-8-12-22-21-11-6-7-13-23(21)28-25(22)26(30)29-34(31,32)20-9-4-3-5-10-20/h3-7,9-11,13,15-16,28H,8,12,14H2,1-2H3,(H,29,30). The number of benzene rings is 3. The first-order chi connectivity index (χ1) is 16.3. The minimum absolute atomic E-state index is 0.0305. The number of amides is 1. The van der Waals surface area contributed by atoms with E-state index in [1.165, 1.54) is 12.1 Å². The van der Waals surface area contributed by atoms with Crippen molar-refractivity contribution in [3.63, 3.8) is 0 Å². The summed E-state index contributed by atoms with van der Waals surface area (Å²) in [6, 6.07) is 19.1. The quantitative estimate of drug-likeness (QED) is 0.312. The van der Waals surface area contributed by atoms with E-state index in [2.05, 4.69) is 9.71 Å². The third kappa shape index (κ3) is 5.11. The van der Waals surface area contributed by atoms with E-state index in [0.29, 0.717) is 19.4 Å². The third-order valence-electron chi connectivity index (χ3n) is 5.57. The van der Waals surface area contributed by atoms with E-state index in [0.717, 1.165) is 38.4 Å². The minimum atomic E-state index is -3.99. The van der Waals surface area contributed by atoms with Crippen LogP contribution in [0.25, 0.3) is 10.9 Å². The number of hydrogen-bond acceptors (Lipinski definition) is 4. The molecule has 4 rings (SSSR count). The van der Waals surface area contributed by atoms with Gasteiger partial charge in [-0.2, -0.15) is 0 Å². The molecule has 1 heterocycles. The van der Waals surface area contributed by atoms with E-state index in [1.807, 2.05) is 50.2 Å². The van der Waals surface area contributed by atoms with Gasteiger partial charge in [0, 0.05) is 15.9 Å².